The van der Waals surface area contributed by atoms with Crippen LogP contribution in [0.4, 0.5) is 5.82 Å². The minimum atomic E-state index is 0.402. The van der Waals surface area contributed by atoms with E-state index in [2.05, 4.69) is 44.0 Å². The summed E-state index contributed by atoms with van der Waals surface area (Å²) in [5.41, 5.74) is 1.35. The van der Waals surface area contributed by atoms with Gasteiger partial charge in [0.15, 0.2) is 5.82 Å². The van der Waals surface area contributed by atoms with E-state index in [1.165, 1.54) is 17.0 Å². The molecule has 1 aromatic carbocycles. The zero-order valence-electron chi connectivity index (χ0n) is 12.8. The molecule has 22 heavy (non-hydrogen) atoms. The van der Waals surface area contributed by atoms with Crippen LogP contribution in [0.15, 0.2) is 48.1 Å². The van der Waals surface area contributed by atoms with Crippen molar-refractivity contribution in [1.29, 1.82) is 0 Å². The highest BCUT2D eigenvalue weighted by atomic mass is 16.3. The number of anilines is 1. The fourth-order valence-corrected chi connectivity index (χ4v) is 2.99. The first-order valence-electron chi connectivity index (χ1n) is 7.63. The van der Waals surface area contributed by atoms with E-state index in [-0.39, 0.29) is 0 Å². The van der Waals surface area contributed by atoms with E-state index < -0.39 is 0 Å². The Morgan fingerprint density at radius 1 is 1.36 bits per heavy atom. The second-order valence-corrected chi connectivity index (χ2v) is 5.80. The fourth-order valence-electron chi connectivity index (χ4n) is 2.99. The first kappa shape index (κ1) is 14.7. The predicted molar refractivity (Wildman–Crippen MR) is 86.4 cm³/mol. The van der Waals surface area contributed by atoms with E-state index in [1.807, 2.05) is 12.3 Å². The van der Waals surface area contributed by atoms with Gasteiger partial charge in [-0.25, -0.2) is 9.99 Å². The molecule has 0 spiro atoms. The molecular formula is C16H21N5O. The molecule has 1 saturated heterocycles. The Kier molecular flexibility index (Phi) is 4.48. The van der Waals surface area contributed by atoms with E-state index in [0.717, 1.165) is 26.1 Å². The largest absolute Gasteiger partial charge is 0.331 e. The van der Waals surface area contributed by atoms with Gasteiger partial charge < -0.3 is 4.57 Å². The Morgan fingerprint density at radius 3 is 2.95 bits per heavy atom. The van der Waals surface area contributed by atoms with Crippen LogP contribution in [-0.4, -0.2) is 34.6 Å². The van der Waals surface area contributed by atoms with Crippen molar-refractivity contribution in [2.45, 2.75) is 25.4 Å². The number of hydrogen-bond donors (Lipinski definition) is 0. The number of piperidine rings is 1. The Labute approximate surface area is 130 Å². The minimum Gasteiger partial charge on any atom is -0.331 e. The summed E-state index contributed by atoms with van der Waals surface area (Å²) in [4.78, 5) is 17.3. The third-order valence-electron chi connectivity index (χ3n) is 4.19. The molecule has 1 aliphatic heterocycles. The average molecular weight is 299 g/mol. The molecule has 1 aromatic heterocycles. The summed E-state index contributed by atoms with van der Waals surface area (Å²) in [7, 11) is 1.61. The number of nitrogens with zero attached hydrogens (tertiary/aromatic N) is 5. The van der Waals surface area contributed by atoms with Gasteiger partial charge >= 0.3 is 0 Å². The minimum absolute atomic E-state index is 0.402. The molecule has 116 valence electrons. The normalized spacial score (nSPS) is 19.0. The number of hydrogen-bond acceptors (Lipinski definition) is 4. The summed E-state index contributed by atoms with van der Waals surface area (Å²) in [5.74, 6) is 0.593. The average Bonchev–Trinajstić information content (AvgIpc) is 3.05. The number of benzene rings is 1. The standard InChI is InChI=1S/C16H21N5O/c1-19(18-22)16-12-21(13-17-16)15-8-5-9-20(11-15)10-14-6-3-2-4-7-14/h2-4,6-7,12-13,15H,5,8-11H2,1H3. The Bertz CT molecular complexity index is 612. The molecule has 6 heteroatoms. The molecule has 0 bridgehead atoms. The van der Waals surface area contributed by atoms with E-state index in [9.17, 15) is 4.91 Å². The molecule has 2 heterocycles. The van der Waals surface area contributed by atoms with Crippen molar-refractivity contribution in [2.24, 2.45) is 5.29 Å². The van der Waals surface area contributed by atoms with Crippen molar-refractivity contribution in [3.8, 4) is 0 Å². The molecule has 1 unspecified atom stereocenters. The van der Waals surface area contributed by atoms with E-state index in [1.54, 1.807) is 13.4 Å². The molecule has 0 radical (unpaired) electrons. The second-order valence-electron chi connectivity index (χ2n) is 5.80. The number of imidazole rings is 1. The second kappa shape index (κ2) is 6.70. The van der Waals surface area contributed by atoms with Crippen molar-refractivity contribution in [3.63, 3.8) is 0 Å². The quantitative estimate of drug-likeness (QED) is 0.629. The van der Waals surface area contributed by atoms with E-state index >= 15 is 0 Å². The van der Waals surface area contributed by atoms with Gasteiger partial charge in [0.2, 0.25) is 0 Å². The lowest BCUT2D eigenvalue weighted by molar-refractivity contribution is 0.170. The third-order valence-corrected chi connectivity index (χ3v) is 4.19. The zero-order valence-corrected chi connectivity index (χ0v) is 12.8. The molecule has 6 nitrogen and oxygen atoms in total. The van der Waals surface area contributed by atoms with Crippen LogP contribution in [0.5, 0.6) is 0 Å². The number of rotatable bonds is 5. The van der Waals surface area contributed by atoms with Gasteiger partial charge in [-0.2, -0.15) is 0 Å². The van der Waals surface area contributed by atoms with Crippen LogP contribution < -0.4 is 5.01 Å². The molecule has 0 amide bonds. The SMILES string of the molecule is CN(N=O)c1cn(C2CCCN(Cc3ccccc3)C2)cn1. The maximum atomic E-state index is 10.6. The molecule has 0 saturated carbocycles. The Morgan fingerprint density at radius 2 is 2.18 bits per heavy atom. The van der Waals surface area contributed by atoms with Gasteiger partial charge in [0.1, 0.15) is 0 Å². The molecule has 3 rings (SSSR count). The highest BCUT2D eigenvalue weighted by Gasteiger charge is 2.22. The maximum Gasteiger partial charge on any atom is 0.169 e. The molecule has 1 atom stereocenters. The van der Waals surface area contributed by atoms with Gasteiger partial charge in [-0.3, -0.25) is 4.90 Å². The third kappa shape index (κ3) is 3.33. The highest BCUT2D eigenvalue weighted by Crippen LogP contribution is 2.24. The van der Waals surface area contributed by atoms with Gasteiger partial charge in [0.25, 0.3) is 0 Å². The van der Waals surface area contributed by atoms with E-state index in [4.69, 9.17) is 0 Å². The van der Waals surface area contributed by atoms with Crippen molar-refractivity contribution < 1.29 is 0 Å². The van der Waals surface area contributed by atoms with Crippen LogP contribution in [0.1, 0.15) is 24.4 Å². The predicted octanol–water partition coefficient (Wildman–Crippen LogP) is 2.84. The van der Waals surface area contributed by atoms with E-state index in [0.29, 0.717) is 11.9 Å². The smallest absolute Gasteiger partial charge is 0.169 e. The van der Waals surface area contributed by atoms with Crippen LogP contribution in [0.2, 0.25) is 0 Å². The van der Waals surface area contributed by atoms with Crippen LogP contribution in [0, 0.1) is 4.91 Å². The Balaban J connectivity index is 1.65. The zero-order chi connectivity index (χ0) is 15.4. The van der Waals surface area contributed by atoms with Gasteiger partial charge in [0.05, 0.1) is 11.6 Å². The first-order valence-corrected chi connectivity index (χ1v) is 7.63. The summed E-state index contributed by atoms with van der Waals surface area (Å²) < 4.78 is 2.11. The van der Waals surface area contributed by atoms with Crippen LogP contribution >= 0.6 is 0 Å². The first-order chi connectivity index (χ1) is 10.8. The Hall–Kier alpha value is -2.21. The van der Waals surface area contributed by atoms with Gasteiger partial charge in [-0.1, -0.05) is 30.3 Å². The maximum absolute atomic E-state index is 10.6. The number of aromatic nitrogens is 2. The van der Waals surface area contributed by atoms with Crippen molar-refractivity contribution in [1.82, 2.24) is 14.5 Å². The summed E-state index contributed by atoms with van der Waals surface area (Å²) in [6, 6.07) is 11.0. The lowest BCUT2D eigenvalue weighted by atomic mass is 10.0. The lowest BCUT2D eigenvalue weighted by Gasteiger charge is -2.33. The summed E-state index contributed by atoms with van der Waals surface area (Å²) in [6.07, 6.45) is 6.01. The summed E-state index contributed by atoms with van der Waals surface area (Å²) >= 11 is 0. The molecule has 2 aromatic rings. The van der Waals surface area contributed by atoms with Crippen molar-refractivity contribution in [2.75, 3.05) is 25.1 Å². The van der Waals surface area contributed by atoms with Crippen LogP contribution in [0.3, 0.4) is 0 Å². The molecule has 1 aliphatic rings. The number of nitroso groups, excluding NO2 is 1. The lowest BCUT2D eigenvalue weighted by Crippen LogP contribution is -2.35. The van der Waals surface area contributed by atoms with Gasteiger partial charge in [-0.05, 0) is 24.9 Å². The molecular weight excluding hydrogens is 278 g/mol. The fraction of sp³-hybridized carbons (Fsp3) is 0.438. The summed E-state index contributed by atoms with van der Waals surface area (Å²) in [6.45, 7) is 3.11. The van der Waals surface area contributed by atoms with Crippen molar-refractivity contribution >= 4 is 5.82 Å². The summed E-state index contributed by atoms with van der Waals surface area (Å²) in [5, 5.41) is 4.14. The van der Waals surface area contributed by atoms with Gasteiger partial charge in [0, 0.05) is 32.4 Å². The monoisotopic (exact) mass is 299 g/mol. The molecule has 1 fully saturated rings. The molecule has 0 aliphatic carbocycles. The van der Waals surface area contributed by atoms with Crippen LogP contribution in [0.25, 0.3) is 0 Å². The van der Waals surface area contributed by atoms with Crippen molar-refractivity contribution in [3.05, 3.63) is 53.3 Å². The van der Waals surface area contributed by atoms with Gasteiger partial charge in [-0.15, -0.1) is 4.91 Å². The highest BCUT2D eigenvalue weighted by molar-refractivity contribution is 5.33. The van der Waals surface area contributed by atoms with Crippen LogP contribution in [-0.2, 0) is 6.54 Å². The molecule has 0 N–H and O–H groups in total. The topological polar surface area (TPSA) is 53.7 Å². The number of likely N-dealkylation sites (tertiary alicyclic amines) is 1.